The summed E-state index contributed by atoms with van der Waals surface area (Å²) in [5.41, 5.74) is 0.146. The predicted molar refractivity (Wildman–Crippen MR) is 118 cm³/mol. The van der Waals surface area contributed by atoms with E-state index in [2.05, 4.69) is 12.2 Å². The van der Waals surface area contributed by atoms with Crippen LogP contribution in [-0.4, -0.2) is 40.1 Å². The zero-order chi connectivity index (χ0) is 22.1. The van der Waals surface area contributed by atoms with Crippen molar-refractivity contribution in [3.63, 3.8) is 0 Å². The number of ketones is 1. The molecule has 0 unspecified atom stereocenters. The standard InChI is InChI=1S/C24H19ClN2O4S/c25-17-5-2-1-4-14(17)22(29)26(11-18(28)19-6-3-9-32-19)27-23(30)20-12-7-8-13(16-10-15(12)16)21(20)24(27)31/h1-9,12-13,15-16,20-21H,10-11H2/t12-,13-,15-,16-,20-,21+/m0/s1. The summed E-state index contributed by atoms with van der Waals surface area (Å²) in [4.78, 5) is 54.1. The molecule has 1 saturated heterocycles. The number of thiophene rings is 1. The van der Waals surface area contributed by atoms with E-state index in [0.29, 0.717) is 16.7 Å². The molecular weight excluding hydrogens is 448 g/mol. The van der Waals surface area contributed by atoms with Gasteiger partial charge in [0.1, 0.15) is 6.54 Å². The third-order valence-electron chi connectivity index (χ3n) is 7.31. The van der Waals surface area contributed by atoms with Crippen LogP contribution in [0.1, 0.15) is 26.5 Å². The van der Waals surface area contributed by atoms with Crippen LogP contribution in [0.25, 0.3) is 0 Å². The van der Waals surface area contributed by atoms with Gasteiger partial charge in [0.25, 0.3) is 17.7 Å². The number of hydrogen-bond acceptors (Lipinski definition) is 5. The van der Waals surface area contributed by atoms with E-state index in [1.807, 2.05) is 0 Å². The number of hydrogen-bond donors (Lipinski definition) is 0. The van der Waals surface area contributed by atoms with Crippen molar-refractivity contribution in [2.75, 3.05) is 6.54 Å². The largest absolute Gasteiger partial charge is 0.291 e. The molecule has 3 fully saturated rings. The van der Waals surface area contributed by atoms with E-state index >= 15 is 0 Å². The SMILES string of the molecule is O=C(CN(C(=O)c1ccccc1Cl)N1C(=O)[C@@H]2[C@H]3C=C[C@@H]([C@@H]4C[C@@H]34)[C@@H]2C1=O)c1cccs1. The third-order valence-corrected chi connectivity index (χ3v) is 8.55. The quantitative estimate of drug-likeness (QED) is 0.382. The van der Waals surface area contributed by atoms with Crippen LogP contribution in [0.4, 0.5) is 0 Å². The van der Waals surface area contributed by atoms with Crippen LogP contribution < -0.4 is 0 Å². The number of rotatable bonds is 5. The van der Waals surface area contributed by atoms with Gasteiger partial charge in [-0.2, -0.15) is 5.01 Å². The van der Waals surface area contributed by atoms with Crippen molar-refractivity contribution in [3.8, 4) is 0 Å². The Morgan fingerprint density at radius 2 is 1.66 bits per heavy atom. The second-order valence-electron chi connectivity index (χ2n) is 8.89. The van der Waals surface area contributed by atoms with Gasteiger partial charge in [0, 0.05) is 0 Å². The fraction of sp³-hybridized carbons (Fsp3) is 0.333. The molecule has 0 spiro atoms. The highest BCUT2D eigenvalue weighted by molar-refractivity contribution is 7.12. The van der Waals surface area contributed by atoms with E-state index in [-0.39, 0.29) is 40.0 Å². The highest BCUT2D eigenvalue weighted by Crippen LogP contribution is 2.65. The molecule has 1 aromatic heterocycles. The van der Waals surface area contributed by atoms with Gasteiger partial charge in [0.15, 0.2) is 5.78 Å². The Hall–Kier alpha value is -2.77. The molecular formula is C24H19ClN2O4S. The Morgan fingerprint density at radius 3 is 2.25 bits per heavy atom. The summed E-state index contributed by atoms with van der Waals surface area (Å²) in [5, 5.41) is 3.93. The number of nitrogens with zero attached hydrogens (tertiary/aromatic N) is 2. The molecule has 4 aliphatic carbocycles. The number of halogens is 1. The molecule has 6 atom stereocenters. The molecule has 8 heteroatoms. The van der Waals surface area contributed by atoms with Gasteiger partial charge in [0.05, 0.1) is 27.3 Å². The lowest BCUT2D eigenvalue weighted by molar-refractivity contribution is -0.154. The van der Waals surface area contributed by atoms with Gasteiger partial charge in [0.2, 0.25) is 0 Å². The molecule has 3 amide bonds. The fourth-order valence-corrected chi connectivity index (χ4v) is 6.71. The first-order valence-electron chi connectivity index (χ1n) is 10.7. The molecule has 162 valence electrons. The number of allylic oxidation sites excluding steroid dienone is 2. The van der Waals surface area contributed by atoms with Crippen LogP contribution in [0, 0.1) is 35.5 Å². The van der Waals surface area contributed by atoms with Gasteiger partial charge in [-0.1, -0.05) is 42.0 Å². The van der Waals surface area contributed by atoms with Crippen LogP contribution in [0.5, 0.6) is 0 Å². The molecule has 0 radical (unpaired) electrons. The number of benzene rings is 1. The first kappa shape index (κ1) is 19.9. The van der Waals surface area contributed by atoms with Gasteiger partial charge >= 0.3 is 0 Å². The van der Waals surface area contributed by atoms with Crippen molar-refractivity contribution in [2.45, 2.75) is 6.42 Å². The van der Waals surface area contributed by atoms with E-state index in [1.54, 1.807) is 35.7 Å². The van der Waals surface area contributed by atoms with E-state index in [4.69, 9.17) is 11.6 Å². The summed E-state index contributed by atoms with van der Waals surface area (Å²) in [7, 11) is 0. The van der Waals surface area contributed by atoms with Gasteiger partial charge in [-0.25, -0.2) is 5.01 Å². The number of Topliss-reactive ketones (excluding diaryl/α,β-unsaturated/α-hetero) is 1. The molecule has 2 bridgehead atoms. The van der Waals surface area contributed by atoms with Crippen molar-refractivity contribution >= 4 is 46.4 Å². The molecule has 1 aliphatic heterocycles. The van der Waals surface area contributed by atoms with Crippen molar-refractivity contribution < 1.29 is 19.2 Å². The van der Waals surface area contributed by atoms with E-state index in [9.17, 15) is 19.2 Å². The normalized spacial score (nSPS) is 31.5. The number of carbonyl (C=O) groups is 4. The zero-order valence-corrected chi connectivity index (χ0v) is 18.5. The second-order valence-corrected chi connectivity index (χ2v) is 10.2. The van der Waals surface area contributed by atoms with Gasteiger partial charge in [-0.05, 0) is 53.7 Å². The maximum absolute atomic E-state index is 13.6. The minimum Gasteiger partial charge on any atom is -0.291 e. The lowest BCUT2D eigenvalue weighted by Crippen LogP contribution is -2.52. The molecule has 2 aromatic rings. The minimum atomic E-state index is -0.633. The van der Waals surface area contributed by atoms with E-state index in [0.717, 1.165) is 16.4 Å². The summed E-state index contributed by atoms with van der Waals surface area (Å²) >= 11 is 7.51. The van der Waals surface area contributed by atoms with Crippen molar-refractivity contribution in [1.29, 1.82) is 0 Å². The maximum atomic E-state index is 13.6. The summed E-state index contributed by atoms with van der Waals surface area (Å²) in [6.45, 7) is -0.406. The third kappa shape index (κ3) is 2.77. The van der Waals surface area contributed by atoms with E-state index in [1.165, 1.54) is 17.4 Å². The van der Waals surface area contributed by atoms with Crippen LogP contribution in [0.2, 0.25) is 5.02 Å². The molecule has 5 aliphatic rings. The summed E-state index contributed by atoms with van der Waals surface area (Å²) < 4.78 is 0. The molecule has 1 aromatic carbocycles. The zero-order valence-electron chi connectivity index (χ0n) is 16.9. The Kier molecular flexibility index (Phi) is 4.42. The number of imide groups is 1. The van der Waals surface area contributed by atoms with Crippen molar-refractivity contribution in [3.05, 3.63) is 69.4 Å². The minimum absolute atomic E-state index is 0.0294. The average molecular weight is 467 g/mol. The highest BCUT2D eigenvalue weighted by Gasteiger charge is 2.68. The van der Waals surface area contributed by atoms with Gasteiger partial charge in [-0.3, -0.25) is 19.2 Å². The number of amides is 3. The topological polar surface area (TPSA) is 74.8 Å². The highest BCUT2D eigenvalue weighted by atomic mass is 35.5. The molecule has 6 nitrogen and oxygen atoms in total. The Labute approximate surface area is 193 Å². The monoisotopic (exact) mass is 466 g/mol. The number of carbonyl (C=O) groups excluding carboxylic acids is 4. The van der Waals surface area contributed by atoms with Crippen molar-refractivity contribution in [2.24, 2.45) is 35.5 Å². The molecule has 32 heavy (non-hydrogen) atoms. The molecule has 2 saturated carbocycles. The van der Waals surface area contributed by atoms with Gasteiger partial charge < -0.3 is 0 Å². The number of hydrazine groups is 1. The summed E-state index contributed by atoms with van der Waals surface area (Å²) in [5.74, 6) is -1.70. The van der Waals surface area contributed by atoms with E-state index < -0.39 is 24.3 Å². The van der Waals surface area contributed by atoms with Gasteiger partial charge in [-0.15, -0.1) is 11.3 Å². The smallest absolute Gasteiger partial charge is 0.274 e. The lowest BCUT2D eigenvalue weighted by atomic mass is 9.63. The molecule has 7 rings (SSSR count). The Bertz CT molecular complexity index is 1160. The predicted octanol–water partition coefficient (Wildman–Crippen LogP) is 3.69. The first-order valence-corrected chi connectivity index (χ1v) is 11.9. The summed E-state index contributed by atoms with van der Waals surface area (Å²) in [6, 6.07) is 9.86. The first-order chi connectivity index (χ1) is 15.5. The second kappa shape index (κ2) is 7.12. The molecule has 2 heterocycles. The van der Waals surface area contributed by atoms with Crippen LogP contribution in [0.3, 0.4) is 0 Å². The fourth-order valence-electron chi connectivity index (χ4n) is 5.84. The van der Waals surface area contributed by atoms with Crippen LogP contribution >= 0.6 is 22.9 Å². The van der Waals surface area contributed by atoms with Crippen LogP contribution in [0.15, 0.2) is 53.9 Å². The summed E-state index contributed by atoms with van der Waals surface area (Å²) in [6.07, 6.45) is 5.20. The average Bonchev–Trinajstić information content (AvgIpc) is 3.36. The lowest BCUT2D eigenvalue weighted by Gasteiger charge is -2.37. The van der Waals surface area contributed by atoms with Crippen molar-refractivity contribution in [1.82, 2.24) is 10.0 Å². The Balaban J connectivity index is 1.39. The molecule has 0 N–H and O–H groups in total. The maximum Gasteiger partial charge on any atom is 0.274 e. The Morgan fingerprint density at radius 1 is 1.00 bits per heavy atom. The van der Waals surface area contributed by atoms with Crippen LogP contribution in [-0.2, 0) is 9.59 Å².